The van der Waals surface area contributed by atoms with E-state index in [1.54, 1.807) is 0 Å². The van der Waals surface area contributed by atoms with Crippen LogP contribution in [0.5, 0.6) is 11.5 Å². The van der Waals surface area contributed by atoms with E-state index in [-0.39, 0.29) is 16.8 Å². The molecule has 0 aliphatic carbocycles. The number of nitro groups is 1. The van der Waals surface area contributed by atoms with Crippen molar-refractivity contribution in [1.82, 2.24) is 0 Å². The lowest BCUT2D eigenvalue weighted by Gasteiger charge is -2.20. The summed E-state index contributed by atoms with van der Waals surface area (Å²) in [7, 11) is 0. The number of nitrogens with zero attached hydrogens (tertiary/aromatic N) is 1. The zero-order valence-corrected chi connectivity index (χ0v) is 14.8. The Morgan fingerprint density at radius 2 is 2.00 bits per heavy atom. The molecule has 0 aliphatic rings. The van der Waals surface area contributed by atoms with E-state index in [1.165, 1.54) is 19.1 Å². The van der Waals surface area contributed by atoms with Crippen molar-refractivity contribution < 1.29 is 32.4 Å². The van der Waals surface area contributed by atoms with E-state index in [1.807, 2.05) is 0 Å². The molecule has 0 amide bonds. The third-order valence-electron chi connectivity index (χ3n) is 3.12. The summed E-state index contributed by atoms with van der Waals surface area (Å²) in [5.74, 6) is -7.71. The van der Waals surface area contributed by atoms with Crippen molar-refractivity contribution in [3.63, 3.8) is 0 Å². The second kappa shape index (κ2) is 7.73. The molecule has 2 aromatic rings. The highest BCUT2D eigenvalue weighted by atomic mass is 79.9. The van der Waals surface area contributed by atoms with Gasteiger partial charge in [0.15, 0.2) is 0 Å². The predicted molar refractivity (Wildman–Crippen MR) is 87.8 cm³/mol. The van der Waals surface area contributed by atoms with Gasteiger partial charge in [0.2, 0.25) is 0 Å². The van der Waals surface area contributed by atoms with Crippen LogP contribution in [-0.4, -0.2) is 17.5 Å². The van der Waals surface area contributed by atoms with Crippen molar-refractivity contribution in [2.45, 2.75) is 12.8 Å². The number of hydrogen-bond donors (Lipinski definition) is 0. The maximum atomic E-state index is 14.5. The van der Waals surface area contributed by atoms with Crippen LogP contribution in [0.3, 0.4) is 0 Å². The van der Waals surface area contributed by atoms with Gasteiger partial charge in [-0.15, -0.1) is 0 Å². The van der Waals surface area contributed by atoms with Gasteiger partial charge in [-0.1, -0.05) is 22.0 Å². The molecule has 0 fully saturated rings. The third kappa shape index (κ3) is 4.13. The average Bonchev–Trinajstić information content (AvgIpc) is 2.54. The molecule has 0 aliphatic heterocycles. The molecule has 10 heteroatoms. The van der Waals surface area contributed by atoms with Crippen LogP contribution in [0.2, 0.25) is 0 Å². The first-order chi connectivity index (χ1) is 12.2. The van der Waals surface area contributed by atoms with Crippen LogP contribution in [0.1, 0.15) is 12.5 Å². The molecule has 2 aromatic carbocycles. The number of carbonyl (C=O) groups excluding carboxylic acids is 1. The van der Waals surface area contributed by atoms with Gasteiger partial charge in [0.05, 0.1) is 29.2 Å². The van der Waals surface area contributed by atoms with Crippen LogP contribution in [-0.2, 0) is 15.5 Å². The Kier molecular flexibility index (Phi) is 5.86. The van der Waals surface area contributed by atoms with Crippen molar-refractivity contribution in [2.24, 2.45) is 0 Å². The molecular weight excluding hydrogens is 423 g/mol. The quantitative estimate of drug-likeness (QED) is 0.366. The molecule has 6 nitrogen and oxygen atoms in total. The number of esters is 1. The number of halogens is 4. The highest BCUT2D eigenvalue weighted by molar-refractivity contribution is 9.10. The fourth-order valence-electron chi connectivity index (χ4n) is 2.06. The first-order valence-corrected chi connectivity index (χ1v) is 7.93. The van der Waals surface area contributed by atoms with Gasteiger partial charge in [-0.25, -0.2) is 9.18 Å². The minimum atomic E-state index is -4.06. The molecule has 26 heavy (non-hydrogen) atoms. The summed E-state index contributed by atoms with van der Waals surface area (Å²) in [6.45, 7) is 1.11. The second-order valence-electron chi connectivity index (χ2n) is 4.91. The van der Waals surface area contributed by atoms with Gasteiger partial charge in [0.25, 0.3) is 5.69 Å². The Hall–Kier alpha value is -2.62. The fourth-order valence-corrected chi connectivity index (χ4v) is 2.65. The van der Waals surface area contributed by atoms with E-state index in [4.69, 9.17) is 4.74 Å². The van der Waals surface area contributed by atoms with E-state index in [0.29, 0.717) is 6.07 Å². The maximum Gasteiger partial charge on any atom is 0.382 e. The van der Waals surface area contributed by atoms with Crippen LogP contribution in [0.4, 0.5) is 18.9 Å². The monoisotopic (exact) mass is 433 g/mol. The summed E-state index contributed by atoms with van der Waals surface area (Å²) in [6, 6.07) is 6.03. The number of non-ortho nitro benzene ring substituents is 1. The molecule has 0 radical (unpaired) electrons. The number of nitro benzene ring substituents is 1. The highest BCUT2D eigenvalue weighted by Crippen LogP contribution is 2.42. The van der Waals surface area contributed by atoms with E-state index in [9.17, 15) is 28.1 Å². The van der Waals surface area contributed by atoms with Gasteiger partial charge in [0, 0.05) is 10.5 Å². The number of alkyl halides is 2. The van der Waals surface area contributed by atoms with Crippen LogP contribution >= 0.6 is 15.9 Å². The lowest BCUT2D eigenvalue weighted by Crippen LogP contribution is -2.29. The number of carbonyl (C=O) groups is 1. The fraction of sp³-hybridized carbons (Fsp3) is 0.188. The molecule has 0 atom stereocenters. The summed E-state index contributed by atoms with van der Waals surface area (Å²) in [6.07, 6.45) is 0. The minimum Gasteiger partial charge on any atom is -0.461 e. The molecule has 0 aromatic heterocycles. The van der Waals surface area contributed by atoms with E-state index in [0.717, 1.165) is 18.2 Å². The van der Waals surface area contributed by atoms with Crippen LogP contribution in [0.15, 0.2) is 40.9 Å². The normalized spacial score (nSPS) is 11.1. The largest absolute Gasteiger partial charge is 0.461 e. The average molecular weight is 434 g/mol. The van der Waals surface area contributed by atoms with Crippen molar-refractivity contribution in [3.8, 4) is 11.5 Å². The zero-order valence-electron chi connectivity index (χ0n) is 13.2. The molecule has 0 unspecified atom stereocenters. The summed E-state index contributed by atoms with van der Waals surface area (Å²) in [4.78, 5) is 21.6. The standard InChI is InChI=1S/C16H11BrF3NO5/c1-2-25-15(22)16(19,20)14-12(17)4-3-5-13(14)26-11-7-9(18)6-10(8-11)21(23)24/h3-8H,2H2,1H3. The Morgan fingerprint density at radius 3 is 2.62 bits per heavy atom. The summed E-state index contributed by atoms with van der Waals surface area (Å²) >= 11 is 2.92. The van der Waals surface area contributed by atoms with E-state index < -0.39 is 39.6 Å². The van der Waals surface area contributed by atoms with Gasteiger partial charge in [-0.2, -0.15) is 8.78 Å². The van der Waals surface area contributed by atoms with Crippen molar-refractivity contribution in [2.75, 3.05) is 6.61 Å². The Labute approximate surface area is 153 Å². The maximum absolute atomic E-state index is 14.5. The number of ether oxygens (including phenoxy) is 2. The smallest absolute Gasteiger partial charge is 0.382 e. The molecule has 0 saturated heterocycles. The number of rotatable bonds is 6. The molecule has 0 heterocycles. The van der Waals surface area contributed by atoms with E-state index >= 15 is 0 Å². The lowest BCUT2D eigenvalue weighted by molar-refractivity contribution is -0.385. The highest BCUT2D eigenvalue weighted by Gasteiger charge is 2.46. The predicted octanol–water partition coefficient (Wildman–Crippen LogP) is 4.94. The third-order valence-corrected chi connectivity index (χ3v) is 3.78. The minimum absolute atomic E-state index is 0.154. The molecule has 0 spiro atoms. The van der Waals surface area contributed by atoms with Gasteiger partial charge in [0.1, 0.15) is 17.3 Å². The van der Waals surface area contributed by atoms with Crippen LogP contribution < -0.4 is 4.74 Å². The summed E-state index contributed by atoms with van der Waals surface area (Å²) < 4.78 is 51.9. The zero-order chi connectivity index (χ0) is 19.5. The number of hydrogen-bond acceptors (Lipinski definition) is 5. The van der Waals surface area contributed by atoms with Gasteiger partial charge in [-0.05, 0) is 19.1 Å². The molecular formula is C16H11BrF3NO5. The van der Waals surface area contributed by atoms with Gasteiger partial charge < -0.3 is 9.47 Å². The van der Waals surface area contributed by atoms with Crippen LogP contribution in [0, 0.1) is 15.9 Å². The topological polar surface area (TPSA) is 78.7 Å². The summed E-state index contributed by atoms with van der Waals surface area (Å²) in [5.41, 5.74) is -1.46. The number of benzene rings is 2. The first-order valence-electron chi connectivity index (χ1n) is 7.13. The Balaban J connectivity index is 2.51. The molecule has 0 bridgehead atoms. The van der Waals surface area contributed by atoms with Crippen LogP contribution in [0.25, 0.3) is 0 Å². The SMILES string of the molecule is CCOC(=O)C(F)(F)c1c(Br)cccc1Oc1cc(F)cc([N+](=O)[O-])c1. The molecule has 138 valence electrons. The second-order valence-corrected chi connectivity index (χ2v) is 5.77. The van der Waals surface area contributed by atoms with Crippen molar-refractivity contribution in [3.05, 3.63) is 62.4 Å². The van der Waals surface area contributed by atoms with Gasteiger partial charge in [-0.3, -0.25) is 10.1 Å². The van der Waals surface area contributed by atoms with E-state index in [2.05, 4.69) is 20.7 Å². The first kappa shape index (κ1) is 19.7. The molecule has 0 N–H and O–H groups in total. The summed E-state index contributed by atoms with van der Waals surface area (Å²) in [5, 5.41) is 10.8. The molecule has 0 saturated carbocycles. The van der Waals surface area contributed by atoms with Crippen molar-refractivity contribution in [1.29, 1.82) is 0 Å². The Bertz CT molecular complexity index is 860. The Morgan fingerprint density at radius 1 is 1.31 bits per heavy atom. The van der Waals surface area contributed by atoms with Gasteiger partial charge >= 0.3 is 11.9 Å². The molecule has 2 rings (SSSR count). The lowest BCUT2D eigenvalue weighted by atomic mass is 10.1. The van der Waals surface area contributed by atoms with Crippen molar-refractivity contribution >= 4 is 27.6 Å².